The molecule has 0 aromatic carbocycles. The van der Waals surface area contributed by atoms with Crippen LogP contribution in [0.2, 0.25) is 0 Å². The van der Waals surface area contributed by atoms with E-state index in [-0.39, 0.29) is 0 Å². The number of thiophene rings is 1. The molecule has 0 bridgehead atoms. The summed E-state index contributed by atoms with van der Waals surface area (Å²) in [6, 6.07) is 5.15. The fourth-order valence-corrected chi connectivity index (χ4v) is 2.12. The quantitative estimate of drug-likeness (QED) is 0.727. The summed E-state index contributed by atoms with van der Waals surface area (Å²) in [5.74, 6) is 0. The van der Waals surface area contributed by atoms with E-state index < -0.39 is 0 Å². The molecule has 1 N–H and O–H groups in total. The first-order valence-electron chi connectivity index (χ1n) is 4.58. The molecule has 2 atom stereocenters. The zero-order valence-corrected chi connectivity index (χ0v) is 9.32. The van der Waals surface area contributed by atoms with E-state index in [0.717, 1.165) is 0 Å². The van der Waals surface area contributed by atoms with Crippen LogP contribution in [0.4, 0.5) is 0 Å². The van der Waals surface area contributed by atoms with E-state index in [1.54, 1.807) is 0 Å². The van der Waals surface area contributed by atoms with Crippen LogP contribution in [0.5, 0.6) is 0 Å². The van der Waals surface area contributed by atoms with Crippen LogP contribution in [0.15, 0.2) is 24.8 Å². The van der Waals surface area contributed by atoms with Gasteiger partial charge in [0.2, 0.25) is 0 Å². The van der Waals surface area contributed by atoms with Gasteiger partial charge in [-0.25, -0.2) is 0 Å². The second kappa shape index (κ2) is 4.58. The summed E-state index contributed by atoms with van der Waals surface area (Å²) < 4.78 is 0. The van der Waals surface area contributed by atoms with Gasteiger partial charge < -0.3 is 5.32 Å². The molecule has 2 unspecified atom stereocenters. The van der Waals surface area contributed by atoms with E-state index in [0.29, 0.717) is 12.1 Å². The zero-order chi connectivity index (χ0) is 9.84. The third-order valence-corrected chi connectivity index (χ3v) is 3.24. The van der Waals surface area contributed by atoms with Gasteiger partial charge in [-0.05, 0) is 32.9 Å². The minimum atomic E-state index is 0.373. The SMILES string of the molecule is C=CC(C)NC(C)c1ccc(C)s1. The van der Waals surface area contributed by atoms with Crippen molar-refractivity contribution >= 4 is 11.3 Å². The fourth-order valence-electron chi connectivity index (χ4n) is 1.23. The largest absolute Gasteiger partial charge is 0.303 e. The molecule has 0 aliphatic heterocycles. The summed E-state index contributed by atoms with van der Waals surface area (Å²) in [7, 11) is 0. The second-order valence-electron chi connectivity index (χ2n) is 3.36. The molecule has 1 aromatic heterocycles. The van der Waals surface area contributed by atoms with Crippen LogP contribution in [-0.2, 0) is 0 Å². The van der Waals surface area contributed by atoms with Gasteiger partial charge in [0.05, 0.1) is 0 Å². The van der Waals surface area contributed by atoms with E-state index in [9.17, 15) is 0 Å². The summed E-state index contributed by atoms with van der Waals surface area (Å²) in [5.41, 5.74) is 0. The monoisotopic (exact) mass is 195 g/mol. The van der Waals surface area contributed by atoms with Crippen molar-refractivity contribution in [1.29, 1.82) is 0 Å². The highest BCUT2D eigenvalue weighted by Gasteiger charge is 2.08. The van der Waals surface area contributed by atoms with Gasteiger partial charge >= 0.3 is 0 Å². The second-order valence-corrected chi connectivity index (χ2v) is 4.68. The van der Waals surface area contributed by atoms with Gasteiger partial charge in [-0.15, -0.1) is 17.9 Å². The number of hydrogen-bond acceptors (Lipinski definition) is 2. The maximum absolute atomic E-state index is 3.75. The molecule has 1 nitrogen and oxygen atoms in total. The third kappa shape index (κ3) is 2.98. The number of rotatable bonds is 4. The van der Waals surface area contributed by atoms with Gasteiger partial charge in [0, 0.05) is 21.8 Å². The Bertz CT molecular complexity index is 277. The Balaban J connectivity index is 2.57. The first-order chi connectivity index (χ1) is 6.13. The smallest absolute Gasteiger partial charge is 0.0390 e. The molecule has 0 spiro atoms. The van der Waals surface area contributed by atoms with E-state index in [4.69, 9.17) is 0 Å². The molecule has 1 aromatic rings. The maximum Gasteiger partial charge on any atom is 0.0390 e. The maximum atomic E-state index is 3.75. The molecule has 0 amide bonds. The van der Waals surface area contributed by atoms with Crippen LogP contribution < -0.4 is 5.32 Å². The molecule has 1 rings (SSSR count). The van der Waals surface area contributed by atoms with Crippen molar-refractivity contribution in [2.45, 2.75) is 32.9 Å². The minimum absolute atomic E-state index is 0.373. The van der Waals surface area contributed by atoms with Crippen molar-refractivity contribution in [1.82, 2.24) is 5.32 Å². The predicted molar refractivity (Wildman–Crippen MR) is 60.3 cm³/mol. The Labute approximate surface area is 84.5 Å². The van der Waals surface area contributed by atoms with Crippen molar-refractivity contribution in [3.8, 4) is 0 Å². The fraction of sp³-hybridized carbons (Fsp3) is 0.455. The van der Waals surface area contributed by atoms with Crippen LogP contribution in [0.1, 0.15) is 29.6 Å². The molecule has 13 heavy (non-hydrogen) atoms. The normalized spacial score (nSPS) is 15.3. The van der Waals surface area contributed by atoms with Crippen molar-refractivity contribution in [2.24, 2.45) is 0 Å². The van der Waals surface area contributed by atoms with Crippen molar-refractivity contribution < 1.29 is 0 Å². The molecule has 0 saturated carbocycles. The molecule has 2 heteroatoms. The Morgan fingerprint density at radius 1 is 1.46 bits per heavy atom. The minimum Gasteiger partial charge on any atom is -0.303 e. The molecule has 72 valence electrons. The van der Waals surface area contributed by atoms with Crippen molar-refractivity contribution in [3.05, 3.63) is 34.5 Å². The van der Waals surface area contributed by atoms with Crippen LogP contribution in [0, 0.1) is 6.92 Å². The van der Waals surface area contributed by atoms with Crippen molar-refractivity contribution in [3.63, 3.8) is 0 Å². The highest BCUT2D eigenvalue weighted by atomic mass is 32.1. The molecule has 0 saturated heterocycles. The van der Waals surface area contributed by atoms with Crippen LogP contribution >= 0.6 is 11.3 Å². The standard InChI is InChI=1S/C11H17NS/c1-5-8(2)12-10(4)11-7-6-9(3)13-11/h5-8,10,12H,1H2,2-4H3. The van der Waals surface area contributed by atoms with Crippen molar-refractivity contribution in [2.75, 3.05) is 0 Å². The van der Waals surface area contributed by atoms with E-state index in [1.807, 2.05) is 17.4 Å². The predicted octanol–water partition coefficient (Wildman–Crippen LogP) is 3.28. The molecular weight excluding hydrogens is 178 g/mol. The van der Waals surface area contributed by atoms with E-state index >= 15 is 0 Å². The lowest BCUT2D eigenvalue weighted by Gasteiger charge is -2.15. The molecule has 0 fully saturated rings. The Morgan fingerprint density at radius 3 is 2.62 bits per heavy atom. The van der Waals surface area contributed by atoms with Crippen LogP contribution in [0.25, 0.3) is 0 Å². The van der Waals surface area contributed by atoms with Crippen LogP contribution in [-0.4, -0.2) is 6.04 Å². The molecule has 0 aliphatic carbocycles. The first-order valence-corrected chi connectivity index (χ1v) is 5.40. The van der Waals surface area contributed by atoms with Gasteiger partial charge in [0.25, 0.3) is 0 Å². The Morgan fingerprint density at radius 2 is 2.15 bits per heavy atom. The number of hydrogen-bond donors (Lipinski definition) is 1. The lowest BCUT2D eigenvalue weighted by molar-refractivity contribution is 0.544. The topological polar surface area (TPSA) is 12.0 Å². The Hall–Kier alpha value is -0.600. The van der Waals surface area contributed by atoms with Gasteiger partial charge in [0.15, 0.2) is 0 Å². The lowest BCUT2D eigenvalue weighted by Crippen LogP contribution is -2.26. The lowest BCUT2D eigenvalue weighted by atomic mass is 10.2. The zero-order valence-electron chi connectivity index (χ0n) is 8.50. The Kier molecular flexibility index (Phi) is 3.70. The average Bonchev–Trinajstić information content (AvgIpc) is 2.51. The molecule has 0 radical (unpaired) electrons. The third-order valence-electron chi connectivity index (χ3n) is 2.05. The summed E-state index contributed by atoms with van der Waals surface area (Å²) in [4.78, 5) is 2.76. The first kappa shape index (κ1) is 10.5. The van der Waals surface area contributed by atoms with Gasteiger partial charge in [-0.3, -0.25) is 0 Å². The van der Waals surface area contributed by atoms with Crippen LogP contribution in [0.3, 0.4) is 0 Å². The molecule has 0 aliphatic rings. The van der Waals surface area contributed by atoms with E-state index in [1.165, 1.54) is 9.75 Å². The van der Waals surface area contributed by atoms with E-state index in [2.05, 4.69) is 44.8 Å². The average molecular weight is 195 g/mol. The summed E-state index contributed by atoms with van der Waals surface area (Å²) in [6.45, 7) is 10.2. The highest BCUT2D eigenvalue weighted by molar-refractivity contribution is 7.12. The summed E-state index contributed by atoms with van der Waals surface area (Å²) >= 11 is 1.85. The van der Waals surface area contributed by atoms with Gasteiger partial charge in [0.1, 0.15) is 0 Å². The highest BCUT2D eigenvalue weighted by Crippen LogP contribution is 2.22. The van der Waals surface area contributed by atoms with Gasteiger partial charge in [-0.2, -0.15) is 0 Å². The molecule has 1 heterocycles. The summed E-state index contributed by atoms with van der Waals surface area (Å²) in [6.07, 6.45) is 1.93. The van der Waals surface area contributed by atoms with Gasteiger partial charge in [-0.1, -0.05) is 6.08 Å². The number of aryl methyl sites for hydroxylation is 1. The summed E-state index contributed by atoms with van der Waals surface area (Å²) in [5, 5.41) is 3.45. The number of nitrogens with one attached hydrogen (secondary N) is 1. The molecular formula is C11H17NS.